The third-order valence-electron chi connectivity index (χ3n) is 3.23. The highest BCUT2D eigenvalue weighted by Gasteiger charge is 2.26. The molecule has 0 unspecified atom stereocenters. The minimum atomic E-state index is -3.59. The van der Waals surface area contributed by atoms with Crippen molar-refractivity contribution in [2.75, 3.05) is 6.54 Å². The zero-order valence-electron chi connectivity index (χ0n) is 12.1. The predicted molar refractivity (Wildman–Crippen MR) is 86.5 cm³/mol. The second-order valence-corrected chi connectivity index (χ2v) is 8.96. The maximum atomic E-state index is 12.3. The lowest BCUT2D eigenvalue weighted by atomic mass is 9.85. The summed E-state index contributed by atoms with van der Waals surface area (Å²) in [6, 6.07) is 9.80. The van der Waals surface area contributed by atoms with E-state index >= 15 is 0 Å². The summed E-state index contributed by atoms with van der Waals surface area (Å²) < 4.78 is 27.8. The van der Waals surface area contributed by atoms with E-state index in [1.807, 2.05) is 44.2 Å². The normalized spacial score (nSPS) is 12.6. The van der Waals surface area contributed by atoms with Crippen molar-refractivity contribution >= 4 is 33.0 Å². The average molecular weight is 345 g/mol. The van der Waals surface area contributed by atoms with E-state index in [-0.39, 0.29) is 14.1 Å². The van der Waals surface area contributed by atoms with Gasteiger partial charge in [0.1, 0.15) is 0 Å². The van der Waals surface area contributed by atoms with Gasteiger partial charge in [0.25, 0.3) is 10.0 Å². The van der Waals surface area contributed by atoms with Gasteiger partial charge in [-0.3, -0.25) is 0 Å². The largest absolute Gasteiger partial charge is 0.252 e. The van der Waals surface area contributed by atoms with Crippen LogP contribution in [0.4, 0.5) is 0 Å². The number of hydrogen-bond donors (Lipinski definition) is 1. The van der Waals surface area contributed by atoms with E-state index in [0.717, 1.165) is 16.9 Å². The highest BCUT2D eigenvalue weighted by Crippen LogP contribution is 2.28. The molecular formula is C14H17ClN2O2S2. The first-order valence-corrected chi connectivity index (χ1v) is 9.08. The molecule has 0 saturated carbocycles. The summed E-state index contributed by atoms with van der Waals surface area (Å²) in [6.45, 7) is 5.93. The molecule has 1 N–H and O–H groups in total. The van der Waals surface area contributed by atoms with E-state index in [9.17, 15) is 8.42 Å². The Hall–Kier alpha value is -0.950. The number of aromatic nitrogens is 1. The number of sulfonamides is 1. The molecule has 0 aliphatic carbocycles. The molecular weight excluding hydrogens is 328 g/mol. The summed E-state index contributed by atoms with van der Waals surface area (Å²) >= 11 is 6.74. The van der Waals surface area contributed by atoms with Crippen LogP contribution in [0.3, 0.4) is 0 Å². The van der Waals surface area contributed by atoms with Gasteiger partial charge in [-0.05, 0) is 12.5 Å². The van der Waals surface area contributed by atoms with Crippen LogP contribution >= 0.6 is 22.9 Å². The Morgan fingerprint density at radius 1 is 1.29 bits per heavy atom. The maximum absolute atomic E-state index is 12.3. The first-order chi connectivity index (χ1) is 9.72. The Balaban J connectivity index is 2.17. The van der Waals surface area contributed by atoms with E-state index in [0.29, 0.717) is 12.2 Å². The molecule has 0 aliphatic rings. The van der Waals surface area contributed by atoms with Gasteiger partial charge < -0.3 is 0 Å². The molecule has 0 atom stereocenters. The molecule has 114 valence electrons. The zero-order chi connectivity index (χ0) is 15.7. The molecule has 0 spiro atoms. The molecule has 2 rings (SSSR count). The van der Waals surface area contributed by atoms with Crippen molar-refractivity contribution in [2.24, 2.45) is 0 Å². The van der Waals surface area contributed by atoms with Gasteiger partial charge in [-0.2, -0.15) is 0 Å². The number of rotatable bonds is 5. The number of nitrogens with one attached hydrogen (secondary N) is 1. The Bertz CT molecular complexity index is 725. The maximum Gasteiger partial charge on any atom is 0.252 e. The summed E-state index contributed by atoms with van der Waals surface area (Å²) in [4.78, 5) is 3.94. The Labute approximate surface area is 134 Å². The van der Waals surface area contributed by atoms with Gasteiger partial charge >= 0.3 is 0 Å². The predicted octanol–water partition coefficient (Wildman–Crippen LogP) is 3.36. The molecule has 7 heteroatoms. The third-order valence-corrected chi connectivity index (χ3v) is 6.50. The van der Waals surface area contributed by atoms with Crippen LogP contribution in [-0.4, -0.2) is 19.9 Å². The summed E-state index contributed by atoms with van der Waals surface area (Å²) in [5.74, 6) is 0. The molecule has 0 amide bonds. The topological polar surface area (TPSA) is 59.1 Å². The number of thiazole rings is 1. The smallest absolute Gasteiger partial charge is 0.229 e. The van der Waals surface area contributed by atoms with Crippen molar-refractivity contribution in [3.05, 3.63) is 46.1 Å². The third kappa shape index (κ3) is 3.83. The van der Waals surface area contributed by atoms with Gasteiger partial charge in [-0.1, -0.05) is 67.1 Å². The zero-order valence-corrected chi connectivity index (χ0v) is 14.4. The number of hydrogen-bond acceptors (Lipinski definition) is 4. The molecule has 1 heterocycles. The molecule has 0 aliphatic heterocycles. The number of benzene rings is 1. The highest BCUT2D eigenvalue weighted by molar-refractivity contribution is 7.91. The van der Waals surface area contributed by atoms with Gasteiger partial charge in [-0.15, -0.1) is 0 Å². The fourth-order valence-electron chi connectivity index (χ4n) is 1.93. The molecule has 0 bridgehead atoms. The lowest BCUT2D eigenvalue weighted by Gasteiger charge is -2.25. The van der Waals surface area contributed by atoms with Gasteiger partial charge in [0.2, 0.25) is 0 Å². The summed E-state index contributed by atoms with van der Waals surface area (Å²) in [5.41, 5.74) is 1.19. The van der Waals surface area contributed by atoms with Crippen LogP contribution in [0.25, 0.3) is 0 Å². The average Bonchev–Trinajstić information content (AvgIpc) is 2.78. The summed E-state index contributed by atoms with van der Waals surface area (Å²) in [6.07, 6.45) is 0. The number of halogens is 1. The molecule has 0 radical (unpaired) electrons. The van der Waals surface area contributed by atoms with E-state index in [4.69, 9.17) is 11.6 Å². The number of aryl methyl sites for hydroxylation is 1. The number of nitrogens with zero attached hydrogens (tertiary/aromatic N) is 1. The van der Waals surface area contributed by atoms with Gasteiger partial charge in [0.15, 0.2) is 8.68 Å². The van der Waals surface area contributed by atoms with Crippen LogP contribution in [0.2, 0.25) is 4.47 Å². The van der Waals surface area contributed by atoms with Crippen molar-refractivity contribution in [3.63, 3.8) is 0 Å². The van der Waals surface area contributed by atoms with E-state index in [1.54, 1.807) is 6.92 Å². The minimum absolute atomic E-state index is 0.177. The van der Waals surface area contributed by atoms with Crippen molar-refractivity contribution in [1.82, 2.24) is 9.71 Å². The minimum Gasteiger partial charge on any atom is -0.229 e. The molecule has 21 heavy (non-hydrogen) atoms. The van der Waals surface area contributed by atoms with Gasteiger partial charge in [0.05, 0.1) is 5.69 Å². The standard InChI is InChI=1S/C14H17ClN2O2S2/c1-10-12(20-13(15)17-10)21(18,19)16-9-14(2,3)11-7-5-4-6-8-11/h4-8,16H,9H2,1-3H3. The second kappa shape index (κ2) is 6.04. The van der Waals surface area contributed by atoms with Crippen LogP contribution in [0.5, 0.6) is 0 Å². The van der Waals surface area contributed by atoms with Crippen LogP contribution in [0.1, 0.15) is 25.1 Å². The summed E-state index contributed by atoms with van der Waals surface area (Å²) in [5, 5.41) is 0. The van der Waals surface area contributed by atoms with Crippen LogP contribution in [-0.2, 0) is 15.4 Å². The van der Waals surface area contributed by atoms with Gasteiger partial charge in [0, 0.05) is 12.0 Å². The van der Waals surface area contributed by atoms with Gasteiger partial charge in [-0.25, -0.2) is 18.1 Å². The SMILES string of the molecule is Cc1nc(Cl)sc1S(=O)(=O)NCC(C)(C)c1ccccc1. The van der Waals surface area contributed by atoms with Crippen LogP contribution in [0.15, 0.2) is 34.5 Å². The van der Waals surface area contributed by atoms with Crippen LogP contribution in [0, 0.1) is 6.92 Å². The monoisotopic (exact) mass is 344 g/mol. The van der Waals surface area contributed by atoms with Crippen molar-refractivity contribution in [2.45, 2.75) is 30.4 Å². The van der Waals surface area contributed by atoms with Crippen molar-refractivity contribution in [1.29, 1.82) is 0 Å². The molecule has 0 fully saturated rings. The lowest BCUT2D eigenvalue weighted by Crippen LogP contribution is -2.36. The van der Waals surface area contributed by atoms with E-state index < -0.39 is 10.0 Å². The lowest BCUT2D eigenvalue weighted by molar-refractivity contribution is 0.502. The molecule has 2 aromatic rings. The van der Waals surface area contributed by atoms with E-state index in [2.05, 4.69) is 9.71 Å². The first-order valence-electron chi connectivity index (χ1n) is 6.40. The molecule has 1 aromatic carbocycles. The fraction of sp³-hybridized carbons (Fsp3) is 0.357. The summed E-state index contributed by atoms with van der Waals surface area (Å²) in [7, 11) is -3.59. The van der Waals surface area contributed by atoms with E-state index in [1.165, 1.54) is 0 Å². The second-order valence-electron chi connectivity index (χ2n) is 5.41. The van der Waals surface area contributed by atoms with Crippen LogP contribution < -0.4 is 4.72 Å². The quantitative estimate of drug-likeness (QED) is 0.904. The molecule has 4 nitrogen and oxygen atoms in total. The first kappa shape index (κ1) is 16.4. The van der Waals surface area contributed by atoms with Crippen molar-refractivity contribution in [3.8, 4) is 0 Å². The Morgan fingerprint density at radius 2 is 1.90 bits per heavy atom. The van der Waals surface area contributed by atoms with Crippen molar-refractivity contribution < 1.29 is 8.42 Å². The highest BCUT2D eigenvalue weighted by atomic mass is 35.5. The molecule has 1 aromatic heterocycles. The Morgan fingerprint density at radius 3 is 2.43 bits per heavy atom. The Kier molecular flexibility index (Phi) is 4.72. The fourth-order valence-corrected chi connectivity index (χ4v) is 4.93. The molecule has 0 saturated heterocycles.